The number of benzene rings is 2. The van der Waals surface area contributed by atoms with Gasteiger partial charge in [-0.15, -0.1) is 6.42 Å². The highest BCUT2D eigenvalue weighted by Crippen LogP contribution is 2.48. The van der Waals surface area contributed by atoms with E-state index in [1.807, 2.05) is 32.6 Å². The number of piperazine rings is 1. The van der Waals surface area contributed by atoms with E-state index in [1.165, 1.54) is 12.1 Å². The molecule has 4 fully saturated rings. The van der Waals surface area contributed by atoms with Crippen molar-refractivity contribution in [3.63, 3.8) is 0 Å². The Balaban J connectivity index is 1.21. The average molecular weight is 733 g/mol. The summed E-state index contributed by atoms with van der Waals surface area (Å²) in [6.45, 7) is 18.2. The molecular weight excluding hydrogens is 690 g/mol. The standard InChI is InChI=1S/C42H42F2N6O4/c1-8-25-14-27(43)15-26-10-9-11-29(31(25)26)34-33(44)35-32-37(47-39(46-35)52-21-42-16-22(2)18-48(42)19-23(3)17-42)49-20-28-12-13-30(36(49)24(4)53-38(32)45-34)50(28)40(51)54-41(5,6)7/h1,9-11,14-15,24,28,30,36H,2-3,12-13,16-21H2,4-7H3/t24-,28+,30-,36+/m0/s1. The number of hydrogen-bond donors (Lipinski definition) is 0. The van der Waals surface area contributed by atoms with Crippen molar-refractivity contribution in [1.82, 2.24) is 24.8 Å². The van der Waals surface area contributed by atoms with Gasteiger partial charge >= 0.3 is 12.1 Å². The number of pyridine rings is 1. The second kappa shape index (κ2) is 12.1. The van der Waals surface area contributed by atoms with Crippen LogP contribution in [0.4, 0.5) is 19.4 Å². The van der Waals surface area contributed by atoms with Gasteiger partial charge in [-0.3, -0.25) is 9.80 Å². The Morgan fingerprint density at radius 1 is 1.09 bits per heavy atom. The lowest BCUT2D eigenvalue weighted by molar-refractivity contribution is 0.000937. The maximum Gasteiger partial charge on any atom is 0.410 e. The first-order valence-corrected chi connectivity index (χ1v) is 18.5. The molecule has 2 bridgehead atoms. The zero-order valence-corrected chi connectivity index (χ0v) is 30.9. The van der Waals surface area contributed by atoms with Gasteiger partial charge in [-0.25, -0.2) is 18.6 Å². The molecule has 4 saturated heterocycles. The van der Waals surface area contributed by atoms with Crippen molar-refractivity contribution in [1.29, 1.82) is 0 Å². The molecule has 10 nitrogen and oxygen atoms in total. The van der Waals surface area contributed by atoms with Gasteiger partial charge in [0.05, 0.1) is 23.7 Å². The fourth-order valence-electron chi connectivity index (χ4n) is 9.62. The quantitative estimate of drug-likeness (QED) is 0.160. The minimum atomic E-state index is -0.713. The Bertz CT molecular complexity index is 2330. The Labute approximate surface area is 312 Å². The van der Waals surface area contributed by atoms with Crippen LogP contribution in [0.3, 0.4) is 0 Å². The van der Waals surface area contributed by atoms with Gasteiger partial charge in [0, 0.05) is 36.1 Å². The molecule has 1 amide bonds. The van der Waals surface area contributed by atoms with Crippen LogP contribution in [0.15, 0.2) is 54.6 Å². The van der Waals surface area contributed by atoms with E-state index in [9.17, 15) is 9.18 Å². The van der Waals surface area contributed by atoms with Gasteiger partial charge in [-0.2, -0.15) is 9.97 Å². The van der Waals surface area contributed by atoms with Crippen molar-refractivity contribution in [2.24, 2.45) is 0 Å². The molecule has 2 aromatic carbocycles. The number of halogens is 2. The molecule has 9 rings (SSSR count). The number of amides is 1. The molecule has 0 saturated carbocycles. The number of aromatic nitrogens is 3. The lowest BCUT2D eigenvalue weighted by Gasteiger charge is -2.48. The summed E-state index contributed by atoms with van der Waals surface area (Å²) in [6.07, 6.45) is 7.97. The van der Waals surface area contributed by atoms with Crippen LogP contribution in [0.5, 0.6) is 11.9 Å². The normalized spacial score (nSPS) is 24.3. The van der Waals surface area contributed by atoms with E-state index >= 15 is 4.39 Å². The zero-order valence-electron chi connectivity index (χ0n) is 30.9. The molecule has 7 heterocycles. The summed E-state index contributed by atoms with van der Waals surface area (Å²) in [5.74, 6) is 1.94. The minimum absolute atomic E-state index is 0.0170. The second-order valence-electron chi connectivity index (χ2n) is 16.5. The van der Waals surface area contributed by atoms with Crippen LogP contribution in [0.25, 0.3) is 32.9 Å². The van der Waals surface area contributed by atoms with E-state index in [0.29, 0.717) is 34.1 Å². The van der Waals surface area contributed by atoms with Crippen LogP contribution in [0.2, 0.25) is 0 Å². The molecule has 5 aliphatic heterocycles. The summed E-state index contributed by atoms with van der Waals surface area (Å²) in [4.78, 5) is 34.6. The second-order valence-corrected chi connectivity index (χ2v) is 16.5. The van der Waals surface area contributed by atoms with E-state index in [0.717, 1.165) is 49.9 Å². The number of terminal acetylenes is 1. The van der Waals surface area contributed by atoms with Crippen LogP contribution >= 0.6 is 0 Å². The highest BCUT2D eigenvalue weighted by molar-refractivity contribution is 6.03. The van der Waals surface area contributed by atoms with Crippen LogP contribution in [0.1, 0.15) is 58.9 Å². The summed E-state index contributed by atoms with van der Waals surface area (Å²) in [7, 11) is 0. The number of hydrogen-bond acceptors (Lipinski definition) is 9. The number of carbonyl (C=O) groups excluding carboxylic acids is 1. The number of anilines is 1. The zero-order chi connectivity index (χ0) is 37.8. The van der Waals surface area contributed by atoms with Gasteiger partial charge in [0.15, 0.2) is 5.82 Å². The van der Waals surface area contributed by atoms with Crippen molar-refractivity contribution in [3.05, 3.63) is 71.8 Å². The molecular formula is C42H42F2N6O4. The predicted octanol–water partition coefficient (Wildman–Crippen LogP) is 7.18. The Kier molecular flexibility index (Phi) is 7.74. The molecule has 0 radical (unpaired) electrons. The molecule has 0 unspecified atom stereocenters. The molecule has 0 N–H and O–H groups in total. The number of carbonyl (C=O) groups is 1. The predicted molar refractivity (Wildman–Crippen MR) is 202 cm³/mol. The van der Waals surface area contributed by atoms with Gasteiger partial charge in [-0.05, 0) is 70.9 Å². The summed E-state index contributed by atoms with van der Waals surface area (Å²) < 4.78 is 51.1. The highest BCUT2D eigenvalue weighted by Gasteiger charge is 2.54. The van der Waals surface area contributed by atoms with Gasteiger partial charge in [0.25, 0.3) is 0 Å². The Morgan fingerprint density at radius 2 is 1.85 bits per heavy atom. The fourth-order valence-corrected chi connectivity index (χ4v) is 9.62. The average Bonchev–Trinajstić information content (AvgIpc) is 3.67. The fraction of sp³-hybridized carbons (Fsp3) is 0.429. The van der Waals surface area contributed by atoms with Crippen molar-refractivity contribution >= 4 is 33.6 Å². The maximum atomic E-state index is 17.4. The van der Waals surface area contributed by atoms with Gasteiger partial charge in [0.2, 0.25) is 5.88 Å². The minimum Gasteiger partial charge on any atom is -0.472 e. The molecule has 4 atom stereocenters. The molecule has 5 aliphatic rings. The van der Waals surface area contributed by atoms with Crippen molar-refractivity contribution in [3.8, 4) is 35.5 Å². The summed E-state index contributed by atoms with van der Waals surface area (Å²) in [5.41, 5.74) is 1.81. The third kappa shape index (κ3) is 5.38. The van der Waals surface area contributed by atoms with Crippen molar-refractivity contribution < 1.29 is 27.8 Å². The van der Waals surface area contributed by atoms with Gasteiger partial charge in [-0.1, -0.05) is 48.4 Å². The van der Waals surface area contributed by atoms with Crippen LogP contribution in [-0.4, -0.2) is 92.5 Å². The largest absolute Gasteiger partial charge is 0.472 e. The van der Waals surface area contributed by atoms with E-state index in [-0.39, 0.29) is 65.0 Å². The lowest BCUT2D eigenvalue weighted by atomic mass is 9.92. The van der Waals surface area contributed by atoms with Crippen LogP contribution in [-0.2, 0) is 4.74 Å². The molecule has 278 valence electrons. The lowest BCUT2D eigenvalue weighted by Crippen LogP contribution is -2.65. The van der Waals surface area contributed by atoms with E-state index in [2.05, 4.69) is 28.9 Å². The van der Waals surface area contributed by atoms with Crippen LogP contribution < -0.4 is 14.4 Å². The van der Waals surface area contributed by atoms with Gasteiger partial charge in [0.1, 0.15) is 46.5 Å². The topological polar surface area (TPSA) is 93.2 Å². The number of fused-ring (bicyclic) bond motifs is 7. The third-order valence-corrected chi connectivity index (χ3v) is 11.6. The maximum absolute atomic E-state index is 17.4. The van der Waals surface area contributed by atoms with Gasteiger partial charge < -0.3 is 19.1 Å². The Hall–Kier alpha value is -5.28. The van der Waals surface area contributed by atoms with Crippen molar-refractivity contribution in [2.45, 2.75) is 88.7 Å². The molecule has 54 heavy (non-hydrogen) atoms. The number of rotatable bonds is 4. The van der Waals surface area contributed by atoms with E-state index < -0.39 is 23.3 Å². The van der Waals surface area contributed by atoms with Crippen molar-refractivity contribution in [2.75, 3.05) is 31.1 Å². The molecule has 12 heteroatoms. The summed E-state index contributed by atoms with van der Waals surface area (Å²) >= 11 is 0. The smallest absolute Gasteiger partial charge is 0.410 e. The first-order chi connectivity index (χ1) is 25.7. The molecule has 4 aromatic rings. The summed E-state index contributed by atoms with van der Waals surface area (Å²) in [5, 5.41) is 1.30. The first kappa shape index (κ1) is 34.5. The SMILES string of the molecule is C#Cc1cc(F)cc2cccc(-c3nc4c5c(nc(OCC67CC(=C)CN6CC(=C)C7)nc5c3F)N3C[C@H]5CC[C@@H]([C@H]3[C@H](C)O4)N5C(=O)OC(C)(C)C)c12. The number of nitrogens with zero attached hydrogens (tertiary/aromatic N) is 6. The highest BCUT2D eigenvalue weighted by atomic mass is 19.1. The Morgan fingerprint density at radius 3 is 2.57 bits per heavy atom. The van der Waals surface area contributed by atoms with E-state index in [1.54, 1.807) is 18.2 Å². The van der Waals surface area contributed by atoms with E-state index in [4.69, 9.17) is 35.6 Å². The molecule has 0 aliphatic carbocycles. The van der Waals surface area contributed by atoms with Crippen LogP contribution in [0, 0.1) is 24.0 Å². The third-order valence-electron chi connectivity index (χ3n) is 11.6. The number of ether oxygens (including phenoxy) is 3. The monoisotopic (exact) mass is 732 g/mol. The molecule has 0 spiro atoms. The molecule has 2 aromatic heterocycles. The summed E-state index contributed by atoms with van der Waals surface area (Å²) in [6, 6.07) is 6.97. The first-order valence-electron chi connectivity index (χ1n) is 18.5.